The number of hydrogen-bond donors (Lipinski definition) is 1. The van der Waals surface area contributed by atoms with Gasteiger partial charge in [0.05, 0.1) is 6.42 Å². The highest BCUT2D eigenvalue weighted by molar-refractivity contribution is 7.07. The van der Waals surface area contributed by atoms with E-state index in [4.69, 9.17) is 14.2 Å². The summed E-state index contributed by atoms with van der Waals surface area (Å²) in [6, 6.07) is 4.98. The third kappa shape index (κ3) is 4.18. The van der Waals surface area contributed by atoms with Crippen molar-refractivity contribution in [3.63, 3.8) is 0 Å². The van der Waals surface area contributed by atoms with Crippen LogP contribution in [-0.2, 0) is 20.9 Å². The van der Waals surface area contributed by atoms with Crippen molar-refractivity contribution in [1.29, 1.82) is 0 Å². The van der Waals surface area contributed by atoms with Crippen LogP contribution in [0.15, 0.2) is 28.4 Å². The maximum absolute atomic E-state index is 11.8. The number of thiazole rings is 1. The van der Waals surface area contributed by atoms with Gasteiger partial charge in [-0.2, -0.15) is 0 Å². The Labute approximate surface area is 146 Å². The molecule has 1 aliphatic heterocycles. The Hall–Kier alpha value is -2.81. The van der Waals surface area contributed by atoms with E-state index in [0.717, 1.165) is 17.0 Å². The lowest BCUT2D eigenvalue weighted by Gasteiger charge is -2.08. The molecule has 3 rings (SSSR count). The average molecular weight is 364 g/mol. The molecule has 0 saturated carbocycles. The first-order valence-corrected chi connectivity index (χ1v) is 8.41. The molecule has 1 aromatic carbocycles. The number of fused-ring (bicyclic) bond motifs is 1. The van der Waals surface area contributed by atoms with Crippen LogP contribution < -0.4 is 19.7 Å². The normalized spacial score (nSPS) is 12.0. The summed E-state index contributed by atoms with van der Waals surface area (Å²) in [7, 11) is 0. The summed E-state index contributed by atoms with van der Waals surface area (Å²) >= 11 is 1.08. The predicted octanol–water partition coefficient (Wildman–Crippen LogP) is 1.52. The molecule has 0 aliphatic carbocycles. The molecule has 0 radical (unpaired) electrons. The summed E-state index contributed by atoms with van der Waals surface area (Å²) in [5, 5.41) is 4.34. The summed E-state index contributed by atoms with van der Waals surface area (Å²) in [6.45, 7) is 1.78. The minimum atomic E-state index is -0.543. The van der Waals surface area contributed by atoms with Crippen molar-refractivity contribution in [1.82, 2.24) is 4.57 Å². The smallest absolute Gasteiger partial charge is 0.308 e. The number of esters is 1. The number of nitrogens with zero attached hydrogens (tertiary/aromatic N) is 1. The number of ether oxygens (including phenoxy) is 3. The van der Waals surface area contributed by atoms with Crippen LogP contribution in [0.5, 0.6) is 11.5 Å². The van der Waals surface area contributed by atoms with Crippen molar-refractivity contribution in [3.8, 4) is 11.5 Å². The van der Waals surface area contributed by atoms with Gasteiger partial charge in [-0.1, -0.05) is 11.3 Å². The van der Waals surface area contributed by atoms with Crippen molar-refractivity contribution in [2.45, 2.75) is 19.9 Å². The summed E-state index contributed by atoms with van der Waals surface area (Å²) < 4.78 is 16.8. The fourth-order valence-corrected chi connectivity index (χ4v) is 3.03. The number of rotatable bonds is 6. The molecule has 2 aromatic rings. The molecule has 0 unspecified atom stereocenters. The average Bonchev–Trinajstić information content (AvgIpc) is 3.17. The monoisotopic (exact) mass is 364 g/mol. The van der Waals surface area contributed by atoms with Crippen molar-refractivity contribution in [3.05, 3.63) is 38.9 Å². The molecule has 8 nitrogen and oxygen atoms in total. The zero-order valence-electron chi connectivity index (χ0n) is 13.4. The lowest BCUT2D eigenvalue weighted by molar-refractivity contribution is -0.147. The number of amides is 1. The molecule has 25 heavy (non-hydrogen) atoms. The maximum Gasteiger partial charge on any atom is 0.308 e. The lowest BCUT2D eigenvalue weighted by Crippen LogP contribution is -2.22. The van der Waals surface area contributed by atoms with Gasteiger partial charge < -0.3 is 24.1 Å². The Morgan fingerprint density at radius 1 is 1.32 bits per heavy atom. The first kappa shape index (κ1) is 17.0. The Balaban J connectivity index is 1.44. The van der Waals surface area contributed by atoms with Crippen LogP contribution in [-0.4, -0.2) is 29.8 Å². The van der Waals surface area contributed by atoms with Crippen molar-refractivity contribution < 1.29 is 23.8 Å². The molecule has 1 N–H and O–H groups in total. The molecule has 0 bridgehead atoms. The van der Waals surface area contributed by atoms with Gasteiger partial charge in [-0.15, -0.1) is 0 Å². The van der Waals surface area contributed by atoms with E-state index in [-0.39, 0.29) is 24.6 Å². The SMILES string of the molecule is Cc1csc(=O)n1CCC(=O)OCC(=O)Nc1ccc2c(c1)OCO2. The number of aromatic nitrogens is 1. The molecule has 1 aliphatic rings. The van der Waals surface area contributed by atoms with Crippen molar-refractivity contribution >= 4 is 28.9 Å². The molecular formula is C16H16N2O6S. The molecule has 2 heterocycles. The van der Waals surface area contributed by atoms with Crippen LogP contribution in [0.3, 0.4) is 0 Å². The van der Waals surface area contributed by atoms with E-state index in [1.54, 1.807) is 30.5 Å². The number of nitrogens with one attached hydrogen (secondary N) is 1. The molecule has 0 fully saturated rings. The van der Waals surface area contributed by atoms with Crippen LogP contribution in [0.4, 0.5) is 5.69 Å². The predicted molar refractivity (Wildman–Crippen MR) is 90.1 cm³/mol. The molecule has 0 atom stereocenters. The lowest BCUT2D eigenvalue weighted by atomic mass is 10.3. The van der Waals surface area contributed by atoms with Gasteiger partial charge >= 0.3 is 10.8 Å². The van der Waals surface area contributed by atoms with E-state index in [2.05, 4.69) is 5.32 Å². The molecule has 1 aromatic heterocycles. The van der Waals surface area contributed by atoms with Gasteiger partial charge in [-0.3, -0.25) is 14.4 Å². The van der Waals surface area contributed by atoms with Crippen molar-refractivity contribution in [2.75, 3.05) is 18.7 Å². The second kappa shape index (κ2) is 7.39. The highest BCUT2D eigenvalue weighted by Gasteiger charge is 2.15. The topological polar surface area (TPSA) is 95.9 Å². The number of aryl methyl sites for hydroxylation is 1. The van der Waals surface area contributed by atoms with E-state index in [1.165, 1.54) is 4.57 Å². The summed E-state index contributed by atoms with van der Waals surface area (Å²) in [5.41, 5.74) is 1.31. The minimum Gasteiger partial charge on any atom is -0.456 e. The Bertz CT molecular complexity index is 857. The number of hydrogen-bond acceptors (Lipinski definition) is 7. The van der Waals surface area contributed by atoms with Crippen LogP contribution in [0.25, 0.3) is 0 Å². The van der Waals surface area contributed by atoms with Crippen LogP contribution in [0.1, 0.15) is 12.1 Å². The molecule has 9 heteroatoms. The molecule has 132 valence electrons. The largest absolute Gasteiger partial charge is 0.456 e. The van der Waals surface area contributed by atoms with E-state index >= 15 is 0 Å². The number of carbonyl (C=O) groups is 2. The van der Waals surface area contributed by atoms with Gasteiger partial charge in [0.1, 0.15) is 0 Å². The Morgan fingerprint density at radius 2 is 2.12 bits per heavy atom. The maximum atomic E-state index is 11.8. The molecule has 0 spiro atoms. The van der Waals surface area contributed by atoms with Crippen LogP contribution in [0.2, 0.25) is 0 Å². The first-order valence-electron chi connectivity index (χ1n) is 7.53. The minimum absolute atomic E-state index is 0.0226. The summed E-state index contributed by atoms with van der Waals surface area (Å²) in [4.78, 5) is 35.0. The van der Waals surface area contributed by atoms with Gasteiger partial charge in [0.25, 0.3) is 5.91 Å². The second-order valence-corrected chi connectivity index (χ2v) is 6.14. The standard InChI is InChI=1S/C16H16N2O6S/c1-10-8-25-16(21)18(10)5-4-15(20)22-7-14(19)17-11-2-3-12-13(6-11)24-9-23-12/h2-3,6,8H,4-5,7,9H2,1H3,(H,17,19). The Kier molecular flexibility index (Phi) is 5.03. The zero-order chi connectivity index (χ0) is 17.8. The van der Waals surface area contributed by atoms with E-state index in [0.29, 0.717) is 17.2 Å². The number of carbonyl (C=O) groups excluding carboxylic acids is 2. The fraction of sp³-hybridized carbons (Fsp3) is 0.312. The molecule has 0 saturated heterocycles. The number of anilines is 1. The van der Waals surface area contributed by atoms with Gasteiger partial charge in [0.2, 0.25) is 6.79 Å². The van der Waals surface area contributed by atoms with E-state index in [1.807, 2.05) is 0 Å². The van der Waals surface area contributed by atoms with Gasteiger partial charge in [-0.25, -0.2) is 0 Å². The second-order valence-electron chi connectivity index (χ2n) is 5.32. The third-order valence-corrected chi connectivity index (χ3v) is 4.42. The zero-order valence-corrected chi connectivity index (χ0v) is 14.3. The quantitative estimate of drug-likeness (QED) is 0.781. The fourth-order valence-electron chi connectivity index (χ4n) is 2.27. The summed E-state index contributed by atoms with van der Waals surface area (Å²) in [5.74, 6) is 0.157. The van der Waals surface area contributed by atoms with Gasteiger partial charge in [0, 0.05) is 29.4 Å². The van der Waals surface area contributed by atoms with Crippen LogP contribution in [0, 0.1) is 6.92 Å². The first-order chi connectivity index (χ1) is 12.0. The molecule has 1 amide bonds. The van der Waals surface area contributed by atoms with Crippen molar-refractivity contribution in [2.24, 2.45) is 0 Å². The number of benzene rings is 1. The summed E-state index contributed by atoms with van der Waals surface area (Å²) in [6.07, 6.45) is 0.0226. The van der Waals surface area contributed by atoms with Crippen LogP contribution >= 0.6 is 11.3 Å². The highest BCUT2D eigenvalue weighted by Crippen LogP contribution is 2.34. The Morgan fingerprint density at radius 3 is 2.88 bits per heavy atom. The van der Waals surface area contributed by atoms with E-state index < -0.39 is 18.5 Å². The molecular weight excluding hydrogens is 348 g/mol. The third-order valence-electron chi connectivity index (χ3n) is 3.54. The van der Waals surface area contributed by atoms with Gasteiger partial charge in [0.15, 0.2) is 18.1 Å². The van der Waals surface area contributed by atoms with E-state index in [9.17, 15) is 14.4 Å². The highest BCUT2D eigenvalue weighted by atomic mass is 32.1. The van der Waals surface area contributed by atoms with Gasteiger partial charge in [-0.05, 0) is 19.1 Å².